The standard InChI is InChI=1S/C21H17N3O3/c1-13(20(25)16-12-22-17-10-6-5-9-15(16)17)27-21(26)19-11-18(23-24-19)14-7-3-2-4-8-14/h2-13,22H,1H3,(H,23,24). The number of benzene rings is 2. The minimum absolute atomic E-state index is 0.201. The molecule has 0 aliphatic rings. The van der Waals surface area contributed by atoms with Crippen molar-refractivity contribution in [2.45, 2.75) is 13.0 Å². The van der Waals surface area contributed by atoms with Gasteiger partial charge in [-0.15, -0.1) is 0 Å². The average molecular weight is 359 g/mol. The third-order valence-corrected chi connectivity index (χ3v) is 4.38. The lowest BCUT2D eigenvalue weighted by Gasteiger charge is -2.10. The van der Waals surface area contributed by atoms with Crippen LogP contribution >= 0.6 is 0 Å². The van der Waals surface area contributed by atoms with Crippen molar-refractivity contribution in [3.63, 3.8) is 0 Å². The van der Waals surface area contributed by atoms with Gasteiger partial charge in [-0.1, -0.05) is 48.5 Å². The molecule has 2 N–H and O–H groups in total. The van der Waals surface area contributed by atoms with E-state index in [1.165, 1.54) is 0 Å². The molecule has 134 valence electrons. The second-order valence-corrected chi connectivity index (χ2v) is 6.19. The molecule has 0 saturated heterocycles. The third-order valence-electron chi connectivity index (χ3n) is 4.38. The summed E-state index contributed by atoms with van der Waals surface area (Å²) in [5.74, 6) is -0.881. The van der Waals surface area contributed by atoms with Crippen molar-refractivity contribution in [3.8, 4) is 11.3 Å². The second-order valence-electron chi connectivity index (χ2n) is 6.19. The maximum atomic E-state index is 12.7. The van der Waals surface area contributed by atoms with Gasteiger partial charge in [-0.2, -0.15) is 5.10 Å². The minimum atomic E-state index is -0.916. The van der Waals surface area contributed by atoms with Gasteiger partial charge in [-0.05, 0) is 19.1 Å². The van der Waals surface area contributed by atoms with Gasteiger partial charge in [0.25, 0.3) is 0 Å². The summed E-state index contributed by atoms with van der Waals surface area (Å²) in [5.41, 5.74) is 3.09. The van der Waals surface area contributed by atoms with Gasteiger partial charge in [0.15, 0.2) is 6.10 Å². The fourth-order valence-corrected chi connectivity index (χ4v) is 2.96. The molecule has 4 rings (SSSR count). The van der Waals surface area contributed by atoms with E-state index in [0.717, 1.165) is 16.5 Å². The van der Waals surface area contributed by atoms with E-state index in [9.17, 15) is 9.59 Å². The van der Waals surface area contributed by atoms with Crippen LogP contribution in [0.2, 0.25) is 0 Å². The van der Waals surface area contributed by atoms with E-state index >= 15 is 0 Å². The third kappa shape index (κ3) is 3.25. The molecule has 1 atom stereocenters. The van der Waals surface area contributed by atoms with E-state index in [2.05, 4.69) is 15.2 Å². The SMILES string of the molecule is CC(OC(=O)c1cc(-c2ccccc2)n[nH]1)C(=O)c1c[nH]c2ccccc12. The van der Waals surface area contributed by atoms with Crippen LogP contribution in [0.5, 0.6) is 0 Å². The van der Waals surface area contributed by atoms with Crippen molar-refractivity contribution in [2.24, 2.45) is 0 Å². The molecule has 0 fully saturated rings. The molecule has 0 aliphatic heterocycles. The number of esters is 1. The van der Waals surface area contributed by atoms with Crippen LogP contribution < -0.4 is 0 Å². The Balaban J connectivity index is 1.49. The van der Waals surface area contributed by atoms with Crippen molar-refractivity contribution >= 4 is 22.7 Å². The molecule has 0 spiro atoms. The number of rotatable bonds is 5. The fourth-order valence-electron chi connectivity index (χ4n) is 2.96. The molecular formula is C21H17N3O3. The predicted molar refractivity (Wildman–Crippen MR) is 102 cm³/mol. The van der Waals surface area contributed by atoms with Gasteiger partial charge in [0.05, 0.1) is 5.69 Å². The van der Waals surface area contributed by atoms with Gasteiger partial charge in [0, 0.05) is 28.2 Å². The van der Waals surface area contributed by atoms with Gasteiger partial charge >= 0.3 is 5.97 Å². The van der Waals surface area contributed by atoms with Crippen molar-refractivity contribution in [2.75, 3.05) is 0 Å². The number of ether oxygens (including phenoxy) is 1. The Labute approximate surface area is 155 Å². The van der Waals surface area contributed by atoms with E-state index in [1.54, 1.807) is 19.2 Å². The Morgan fingerprint density at radius 1 is 1.04 bits per heavy atom. The number of carbonyl (C=O) groups excluding carboxylic acids is 2. The first kappa shape index (κ1) is 16.8. The highest BCUT2D eigenvalue weighted by Gasteiger charge is 2.23. The fraction of sp³-hybridized carbons (Fsp3) is 0.0952. The monoisotopic (exact) mass is 359 g/mol. The van der Waals surface area contributed by atoms with Gasteiger partial charge in [0.2, 0.25) is 5.78 Å². The molecule has 2 aromatic heterocycles. The van der Waals surface area contributed by atoms with E-state index in [0.29, 0.717) is 11.3 Å². The summed E-state index contributed by atoms with van der Waals surface area (Å²) in [5, 5.41) is 7.61. The van der Waals surface area contributed by atoms with Crippen molar-refractivity contribution in [1.82, 2.24) is 15.2 Å². The van der Waals surface area contributed by atoms with Gasteiger partial charge in [-0.25, -0.2) is 4.79 Å². The molecule has 4 aromatic rings. The summed E-state index contributed by atoms with van der Waals surface area (Å²) in [4.78, 5) is 28.1. The number of carbonyl (C=O) groups is 2. The molecular weight excluding hydrogens is 342 g/mol. The van der Waals surface area contributed by atoms with Crippen LogP contribution in [0, 0.1) is 0 Å². The quantitative estimate of drug-likeness (QED) is 0.417. The topological polar surface area (TPSA) is 87.8 Å². The highest BCUT2D eigenvalue weighted by atomic mass is 16.5. The number of nitrogens with zero attached hydrogens (tertiary/aromatic N) is 1. The number of para-hydroxylation sites is 1. The zero-order chi connectivity index (χ0) is 18.8. The normalized spacial score (nSPS) is 12.0. The van der Waals surface area contributed by atoms with Crippen LogP contribution in [0.25, 0.3) is 22.2 Å². The number of hydrogen-bond donors (Lipinski definition) is 2. The Bertz CT molecular complexity index is 1110. The number of nitrogens with one attached hydrogen (secondary N) is 2. The zero-order valence-electron chi connectivity index (χ0n) is 14.6. The Morgan fingerprint density at radius 2 is 1.78 bits per heavy atom. The smallest absolute Gasteiger partial charge is 0.357 e. The lowest BCUT2D eigenvalue weighted by Crippen LogP contribution is -2.24. The molecule has 0 aliphatic carbocycles. The van der Waals surface area contributed by atoms with Crippen molar-refractivity contribution in [1.29, 1.82) is 0 Å². The molecule has 27 heavy (non-hydrogen) atoms. The van der Waals surface area contributed by atoms with Gasteiger partial charge < -0.3 is 9.72 Å². The summed E-state index contributed by atoms with van der Waals surface area (Å²) in [7, 11) is 0. The first-order chi connectivity index (χ1) is 13.1. The first-order valence-corrected chi connectivity index (χ1v) is 8.55. The summed E-state index contributed by atoms with van der Waals surface area (Å²) in [6.07, 6.45) is 0.723. The molecule has 0 bridgehead atoms. The molecule has 6 heteroatoms. The Morgan fingerprint density at radius 3 is 2.59 bits per heavy atom. The summed E-state index contributed by atoms with van der Waals surface area (Å²) >= 11 is 0. The second kappa shape index (κ2) is 6.92. The number of fused-ring (bicyclic) bond motifs is 1. The molecule has 2 aromatic carbocycles. The van der Waals surface area contributed by atoms with Crippen molar-refractivity contribution < 1.29 is 14.3 Å². The van der Waals surface area contributed by atoms with Crippen LogP contribution in [0.4, 0.5) is 0 Å². The summed E-state index contributed by atoms with van der Waals surface area (Å²) < 4.78 is 5.35. The molecule has 1 unspecified atom stereocenters. The molecule has 0 amide bonds. The van der Waals surface area contributed by atoms with Crippen molar-refractivity contribution in [3.05, 3.63) is 78.1 Å². The Kier molecular flexibility index (Phi) is 4.30. The zero-order valence-corrected chi connectivity index (χ0v) is 14.6. The minimum Gasteiger partial charge on any atom is -0.450 e. The lowest BCUT2D eigenvalue weighted by atomic mass is 10.1. The highest BCUT2D eigenvalue weighted by Crippen LogP contribution is 2.21. The number of aromatic nitrogens is 3. The van der Waals surface area contributed by atoms with E-state index in [4.69, 9.17) is 4.74 Å². The van der Waals surface area contributed by atoms with E-state index in [-0.39, 0.29) is 11.5 Å². The number of Topliss-reactive ketones (excluding diaryl/α,β-unsaturated/α-hetero) is 1. The number of H-pyrrole nitrogens is 2. The van der Waals surface area contributed by atoms with Crippen LogP contribution in [-0.4, -0.2) is 33.0 Å². The van der Waals surface area contributed by atoms with Crippen LogP contribution in [0.1, 0.15) is 27.8 Å². The maximum Gasteiger partial charge on any atom is 0.357 e. The molecule has 0 saturated carbocycles. The highest BCUT2D eigenvalue weighted by molar-refractivity contribution is 6.10. The lowest BCUT2D eigenvalue weighted by molar-refractivity contribution is 0.0313. The van der Waals surface area contributed by atoms with Crippen LogP contribution in [0.15, 0.2) is 66.9 Å². The maximum absolute atomic E-state index is 12.7. The van der Waals surface area contributed by atoms with Crippen LogP contribution in [0.3, 0.4) is 0 Å². The molecule has 0 radical (unpaired) electrons. The molecule has 6 nitrogen and oxygen atoms in total. The van der Waals surface area contributed by atoms with E-state index < -0.39 is 12.1 Å². The average Bonchev–Trinajstić information content (AvgIpc) is 3.35. The summed E-state index contributed by atoms with van der Waals surface area (Å²) in [6.45, 7) is 1.57. The number of hydrogen-bond acceptors (Lipinski definition) is 4. The summed E-state index contributed by atoms with van der Waals surface area (Å²) in [6, 6.07) is 18.6. The van der Waals surface area contributed by atoms with Crippen LogP contribution in [-0.2, 0) is 4.74 Å². The number of aromatic amines is 2. The first-order valence-electron chi connectivity index (χ1n) is 8.55. The molecule has 2 heterocycles. The van der Waals surface area contributed by atoms with Gasteiger partial charge in [0.1, 0.15) is 5.69 Å². The Hall–Kier alpha value is -3.67. The van der Waals surface area contributed by atoms with Gasteiger partial charge in [-0.3, -0.25) is 9.89 Å². The predicted octanol–water partition coefficient (Wildman–Crippen LogP) is 3.99. The largest absolute Gasteiger partial charge is 0.450 e. The number of ketones is 1. The van der Waals surface area contributed by atoms with E-state index in [1.807, 2.05) is 54.6 Å².